The summed E-state index contributed by atoms with van der Waals surface area (Å²) in [5, 5.41) is 6.67. The van der Waals surface area contributed by atoms with Gasteiger partial charge in [-0.25, -0.2) is 0 Å². The molecule has 1 aliphatic heterocycles. The van der Waals surface area contributed by atoms with Crippen LogP contribution in [-0.2, 0) is 4.79 Å². The monoisotopic (exact) mass is 325 g/mol. The Labute approximate surface area is 141 Å². The second kappa shape index (κ2) is 11.3. The first-order chi connectivity index (χ1) is 11.0. The van der Waals surface area contributed by atoms with E-state index in [0.717, 1.165) is 70.9 Å². The smallest absolute Gasteiger partial charge is 0.220 e. The summed E-state index contributed by atoms with van der Waals surface area (Å²) in [6.07, 6.45) is 4.12. The van der Waals surface area contributed by atoms with E-state index in [1.165, 1.54) is 0 Å². The Kier molecular flexibility index (Phi) is 9.67. The normalized spacial score (nSPS) is 17.5. The molecule has 6 heteroatoms. The van der Waals surface area contributed by atoms with Crippen molar-refractivity contribution in [2.75, 3.05) is 39.3 Å². The predicted molar refractivity (Wildman–Crippen MR) is 96.4 cm³/mol. The summed E-state index contributed by atoms with van der Waals surface area (Å²) in [5.41, 5.74) is 5.37. The standard InChI is InChI=1S/C17H35N5O/c1-4-19-17(21-13-14(2)3)20-9-5-6-10-22-11-7-15(8-12-22)16(18)23/h14-15H,4-13H2,1-3H3,(H2,18,23)(H2,19,20,21). The van der Waals surface area contributed by atoms with Gasteiger partial charge in [0, 0.05) is 25.6 Å². The molecule has 0 spiro atoms. The Bertz CT molecular complexity index is 362. The molecule has 0 unspecified atom stereocenters. The Morgan fingerprint density at radius 2 is 1.96 bits per heavy atom. The molecular formula is C17H35N5O. The summed E-state index contributed by atoms with van der Waals surface area (Å²) in [4.78, 5) is 18.2. The van der Waals surface area contributed by atoms with Gasteiger partial charge in [-0.1, -0.05) is 13.8 Å². The van der Waals surface area contributed by atoms with E-state index in [-0.39, 0.29) is 11.8 Å². The molecule has 1 fully saturated rings. The van der Waals surface area contributed by atoms with Crippen molar-refractivity contribution in [1.82, 2.24) is 15.5 Å². The molecule has 1 aliphatic rings. The molecule has 0 aromatic rings. The number of piperidine rings is 1. The highest BCUT2D eigenvalue weighted by atomic mass is 16.1. The zero-order valence-corrected chi connectivity index (χ0v) is 15.1. The summed E-state index contributed by atoms with van der Waals surface area (Å²) >= 11 is 0. The van der Waals surface area contributed by atoms with Crippen LogP contribution < -0.4 is 16.4 Å². The fraction of sp³-hybridized carbons (Fsp3) is 0.882. The Morgan fingerprint density at radius 3 is 2.52 bits per heavy atom. The van der Waals surface area contributed by atoms with Crippen LogP contribution in [0.2, 0.25) is 0 Å². The second-order valence-corrected chi connectivity index (χ2v) is 6.77. The number of carbonyl (C=O) groups excluding carboxylic acids is 1. The fourth-order valence-electron chi connectivity index (χ4n) is 2.72. The molecule has 4 N–H and O–H groups in total. The molecule has 0 aromatic heterocycles. The third-order valence-electron chi connectivity index (χ3n) is 4.14. The number of rotatable bonds is 9. The Hall–Kier alpha value is -1.30. The van der Waals surface area contributed by atoms with Crippen LogP contribution in [-0.4, -0.2) is 56.0 Å². The van der Waals surface area contributed by atoms with E-state index >= 15 is 0 Å². The molecule has 6 nitrogen and oxygen atoms in total. The van der Waals surface area contributed by atoms with E-state index in [0.29, 0.717) is 5.92 Å². The van der Waals surface area contributed by atoms with Gasteiger partial charge in [-0.3, -0.25) is 9.79 Å². The molecule has 0 atom stereocenters. The number of hydrogen-bond donors (Lipinski definition) is 3. The van der Waals surface area contributed by atoms with E-state index in [9.17, 15) is 4.79 Å². The average Bonchev–Trinajstić information content (AvgIpc) is 2.52. The Balaban J connectivity index is 2.12. The molecule has 134 valence electrons. The lowest BCUT2D eigenvalue weighted by Crippen LogP contribution is -2.39. The van der Waals surface area contributed by atoms with Gasteiger partial charge in [0.2, 0.25) is 5.91 Å². The number of hydrogen-bond acceptors (Lipinski definition) is 3. The van der Waals surface area contributed by atoms with Gasteiger partial charge in [0.15, 0.2) is 5.96 Å². The number of nitrogens with one attached hydrogen (secondary N) is 2. The van der Waals surface area contributed by atoms with Gasteiger partial charge in [-0.05, 0) is 58.2 Å². The van der Waals surface area contributed by atoms with Crippen LogP contribution in [0.5, 0.6) is 0 Å². The third-order valence-corrected chi connectivity index (χ3v) is 4.14. The molecule has 1 saturated heterocycles. The minimum Gasteiger partial charge on any atom is -0.369 e. The van der Waals surface area contributed by atoms with Crippen molar-refractivity contribution in [1.29, 1.82) is 0 Å². The molecule has 0 saturated carbocycles. The Morgan fingerprint density at radius 1 is 1.26 bits per heavy atom. The molecule has 1 heterocycles. The van der Waals surface area contributed by atoms with Gasteiger partial charge in [0.1, 0.15) is 0 Å². The van der Waals surface area contributed by atoms with Crippen molar-refractivity contribution in [2.24, 2.45) is 22.6 Å². The number of amides is 1. The highest BCUT2D eigenvalue weighted by Gasteiger charge is 2.22. The van der Waals surface area contributed by atoms with Crippen molar-refractivity contribution in [2.45, 2.75) is 46.5 Å². The molecule has 1 rings (SSSR count). The van der Waals surface area contributed by atoms with E-state index in [1.54, 1.807) is 0 Å². The van der Waals surface area contributed by atoms with Crippen LogP contribution in [0, 0.1) is 11.8 Å². The van der Waals surface area contributed by atoms with Gasteiger partial charge in [0.05, 0.1) is 0 Å². The number of aliphatic imine (C=N–C) groups is 1. The number of likely N-dealkylation sites (tertiary alicyclic amines) is 1. The van der Waals surface area contributed by atoms with Crippen LogP contribution in [0.25, 0.3) is 0 Å². The minimum atomic E-state index is -0.134. The zero-order chi connectivity index (χ0) is 17.1. The number of primary amides is 1. The van der Waals surface area contributed by atoms with Crippen LogP contribution in [0.3, 0.4) is 0 Å². The topological polar surface area (TPSA) is 82.8 Å². The maximum atomic E-state index is 11.2. The lowest BCUT2D eigenvalue weighted by atomic mass is 9.96. The summed E-state index contributed by atoms with van der Waals surface area (Å²) < 4.78 is 0. The number of guanidine groups is 1. The molecule has 0 radical (unpaired) electrons. The summed E-state index contributed by atoms with van der Waals surface area (Å²) in [6, 6.07) is 0. The molecule has 0 bridgehead atoms. The average molecular weight is 326 g/mol. The fourth-order valence-corrected chi connectivity index (χ4v) is 2.72. The summed E-state index contributed by atoms with van der Waals surface area (Å²) in [5.74, 6) is 1.45. The number of unbranched alkanes of at least 4 members (excludes halogenated alkanes) is 1. The van der Waals surface area contributed by atoms with E-state index in [4.69, 9.17) is 5.73 Å². The van der Waals surface area contributed by atoms with Crippen molar-refractivity contribution in [3.63, 3.8) is 0 Å². The lowest BCUT2D eigenvalue weighted by molar-refractivity contribution is -0.123. The second-order valence-electron chi connectivity index (χ2n) is 6.77. The van der Waals surface area contributed by atoms with Crippen molar-refractivity contribution in [3.8, 4) is 0 Å². The van der Waals surface area contributed by atoms with Gasteiger partial charge >= 0.3 is 0 Å². The van der Waals surface area contributed by atoms with Crippen LogP contribution in [0.1, 0.15) is 46.5 Å². The third kappa shape index (κ3) is 8.79. The van der Waals surface area contributed by atoms with E-state index in [2.05, 4.69) is 41.3 Å². The first kappa shape index (κ1) is 19.7. The summed E-state index contributed by atoms with van der Waals surface area (Å²) in [6.45, 7) is 12.2. The first-order valence-corrected chi connectivity index (χ1v) is 9.06. The predicted octanol–water partition coefficient (Wildman–Crippen LogP) is 1.18. The quantitative estimate of drug-likeness (QED) is 0.338. The lowest BCUT2D eigenvalue weighted by Gasteiger charge is -2.30. The van der Waals surface area contributed by atoms with Gasteiger partial charge in [-0.2, -0.15) is 0 Å². The molecule has 0 aromatic carbocycles. The van der Waals surface area contributed by atoms with Gasteiger partial charge < -0.3 is 21.3 Å². The molecule has 1 amide bonds. The molecule has 23 heavy (non-hydrogen) atoms. The van der Waals surface area contributed by atoms with E-state index < -0.39 is 0 Å². The highest BCUT2D eigenvalue weighted by Crippen LogP contribution is 2.16. The maximum Gasteiger partial charge on any atom is 0.220 e. The van der Waals surface area contributed by atoms with Crippen LogP contribution >= 0.6 is 0 Å². The van der Waals surface area contributed by atoms with Gasteiger partial charge in [-0.15, -0.1) is 0 Å². The van der Waals surface area contributed by atoms with E-state index in [1.807, 2.05) is 0 Å². The SMILES string of the molecule is CCNC(=NCC(C)C)NCCCCN1CCC(C(N)=O)CC1. The van der Waals surface area contributed by atoms with Crippen LogP contribution in [0.15, 0.2) is 4.99 Å². The number of nitrogens with two attached hydrogens (primary N) is 1. The van der Waals surface area contributed by atoms with Gasteiger partial charge in [0.25, 0.3) is 0 Å². The highest BCUT2D eigenvalue weighted by molar-refractivity contribution is 5.79. The summed E-state index contributed by atoms with van der Waals surface area (Å²) in [7, 11) is 0. The van der Waals surface area contributed by atoms with Crippen molar-refractivity contribution >= 4 is 11.9 Å². The minimum absolute atomic E-state index is 0.0905. The first-order valence-electron chi connectivity index (χ1n) is 9.06. The van der Waals surface area contributed by atoms with Crippen molar-refractivity contribution < 1.29 is 4.79 Å². The van der Waals surface area contributed by atoms with Crippen LogP contribution in [0.4, 0.5) is 0 Å². The maximum absolute atomic E-state index is 11.2. The largest absolute Gasteiger partial charge is 0.369 e. The number of nitrogens with zero attached hydrogens (tertiary/aromatic N) is 2. The molecule has 0 aliphatic carbocycles. The zero-order valence-electron chi connectivity index (χ0n) is 15.1. The van der Waals surface area contributed by atoms with Crippen molar-refractivity contribution in [3.05, 3.63) is 0 Å². The molecular weight excluding hydrogens is 290 g/mol. The number of carbonyl (C=O) groups is 1.